The maximum absolute atomic E-state index is 12.5. The van der Waals surface area contributed by atoms with Crippen molar-refractivity contribution in [1.29, 1.82) is 0 Å². The molecular formula is C13H15BrN2O3. The van der Waals surface area contributed by atoms with E-state index in [1.54, 1.807) is 12.1 Å². The standard InChI is InChI=1S/C13H15BrN2O3/c1-8-9(3-2-4-10(8)14)12(17)16-6-5-15-7-11(16)13(18)19/h2-4,11,15H,5-7H2,1H3,(H,18,19). The third-order valence-electron chi connectivity index (χ3n) is 3.29. The highest BCUT2D eigenvalue weighted by molar-refractivity contribution is 9.10. The van der Waals surface area contributed by atoms with E-state index in [4.69, 9.17) is 0 Å². The lowest BCUT2D eigenvalue weighted by Gasteiger charge is -2.33. The van der Waals surface area contributed by atoms with Crippen molar-refractivity contribution in [1.82, 2.24) is 10.2 Å². The summed E-state index contributed by atoms with van der Waals surface area (Å²) in [4.78, 5) is 25.1. The van der Waals surface area contributed by atoms with Crippen LogP contribution in [-0.2, 0) is 4.79 Å². The lowest BCUT2D eigenvalue weighted by atomic mass is 10.1. The molecule has 1 aromatic rings. The molecule has 0 radical (unpaired) electrons. The zero-order valence-electron chi connectivity index (χ0n) is 10.5. The van der Waals surface area contributed by atoms with Gasteiger partial charge in [0.15, 0.2) is 0 Å². The lowest BCUT2D eigenvalue weighted by Crippen LogP contribution is -2.57. The zero-order valence-corrected chi connectivity index (χ0v) is 12.1. The molecule has 0 aromatic heterocycles. The first kappa shape index (κ1) is 14.0. The summed E-state index contributed by atoms with van der Waals surface area (Å²) in [5, 5.41) is 12.2. The number of rotatable bonds is 2. The number of benzene rings is 1. The van der Waals surface area contributed by atoms with Gasteiger partial charge in [0.25, 0.3) is 5.91 Å². The van der Waals surface area contributed by atoms with Crippen LogP contribution in [0.1, 0.15) is 15.9 Å². The van der Waals surface area contributed by atoms with Crippen molar-refractivity contribution in [2.75, 3.05) is 19.6 Å². The number of halogens is 1. The number of nitrogens with one attached hydrogen (secondary N) is 1. The third kappa shape index (κ3) is 2.79. The van der Waals surface area contributed by atoms with Gasteiger partial charge in [-0.3, -0.25) is 4.79 Å². The van der Waals surface area contributed by atoms with E-state index in [1.165, 1.54) is 4.90 Å². The molecule has 0 bridgehead atoms. The van der Waals surface area contributed by atoms with E-state index in [0.29, 0.717) is 18.7 Å². The van der Waals surface area contributed by atoms with E-state index in [1.807, 2.05) is 13.0 Å². The fourth-order valence-corrected chi connectivity index (χ4v) is 2.53. The van der Waals surface area contributed by atoms with Crippen LogP contribution in [0.2, 0.25) is 0 Å². The third-order valence-corrected chi connectivity index (χ3v) is 4.15. The summed E-state index contributed by atoms with van der Waals surface area (Å²) in [5.41, 5.74) is 1.37. The Morgan fingerprint density at radius 1 is 1.47 bits per heavy atom. The van der Waals surface area contributed by atoms with Gasteiger partial charge in [0.1, 0.15) is 6.04 Å². The molecule has 1 heterocycles. The highest BCUT2D eigenvalue weighted by atomic mass is 79.9. The number of carbonyl (C=O) groups excluding carboxylic acids is 1. The second-order valence-electron chi connectivity index (χ2n) is 4.47. The summed E-state index contributed by atoms with van der Waals surface area (Å²) in [6, 6.07) is 4.56. The quantitative estimate of drug-likeness (QED) is 0.858. The van der Waals surface area contributed by atoms with Gasteiger partial charge in [-0.2, -0.15) is 0 Å². The molecule has 0 spiro atoms. The Balaban J connectivity index is 2.31. The average molecular weight is 327 g/mol. The summed E-state index contributed by atoms with van der Waals surface area (Å²) in [6.07, 6.45) is 0. The number of amides is 1. The van der Waals surface area contributed by atoms with Crippen molar-refractivity contribution >= 4 is 27.8 Å². The van der Waals surface area contributed by atoms with Gasteiger partial charge >= 0.3 is 5.97 Å². The smallest absolute Gasteiger partial charge is 0.327 e. The van der Waals surface area contributed by atoms with Crippen molar-refractivity contribution in [3.8, 4) is 0 Å². The van der Waals surface area contributed by atoms with E-state index < -0.39 is 12.0 Å². The predicted octanol–water partition coefficient (Wildman–Crippen LogP) is 1.26. The van der Waals surface area contributed by atoms with Gasteiger partial charge in [-0.1, -0.05) is 22.0 Å². The topological polar surface area (TPSA) is 69.6 Å². The van der Waals surface area contributed by atoms with E-state index in [0.717, 1.165) is 10.0 Å². The zero-order chi connectivity index (χ0) is 14.0. The minimum atomic E-state index is -0.979. The van der Waals surface area contributed by atoms with Crippen LogP contribution >= 0.6 is 15.9 Å². The molecule has 5 nitrogen and oxygen atoms in total. The second-order valence-corrected chi connectivity index (χ2v) is 5.32. The molecule has 1 fully saturated rings. The Labute approximate surface area is 119 Å². The number of nitrogens with zero attached hydrogens (tertiary/aromatic N) is 1. The second kappa shape index (κ2) is 5.71. The van der Waals surface area contributed by atoms with Gasteiger partial charge in [0.05, 0.1) is 0 Å². The summed E-state index contributed by atoms with van der Waals surface area (Å²) >= 11 is 3.38. The molecule has 1 amide bonds. The summed E-state index contributed by atoms with van der Waals surface area (Å²) in [7, 11) is 0. The normalized spacial score (nSPS) is 19.3. The molecule has 1 aliphatic rings. The molecule has 102 valence electrons. The van der Waals surface area contributed by atoms with Crippen molar-refractivity contribution < 1.29 is 14.7 Å². The van der Waals surface area contributed by atoms with E-state index in [-0.39, 0.29) is 12.5 Å². The van der Waals surface area contributed by atoms with Crippen LogP contribution < -0.4 is 5.32 Å². The number of hydrogen-bond acceptors (Lipinski definition) is 3. The van der Waals surface area contributed by atoms with Crippen LogP contribution in [0.25, 0.3) is 0 Å². The monoisotopic (exact) mass is 326 g/mol. The number of carboxylic acids is 1. The Morgan fingerprint density at radius 3 is 2.89 bits per heavy atom. The first-order valence-corrected chi connectivity index (χ1v) is 6.81. The van der Waals surface area contributed by atoms with Crippen LogP contribution in [-0.4, -0.2) is 47.6 Å². The molecule has 19 heavy (non-hydrogen) atoms. The number of hydrogen-bond donors (Lipinski definition) is 2. The van der Waals surface area contributed by atoms with Crippen molar-refractivity contribution in [2.24, 2.45) is 0 Å². The number of carbonyl (C=O) groups is 2. The predicted molar refractivity (Wildman–Crippen MR) is 74.2 cm³/mol. The Bertz CT molecular complexity index is 519. The molecular weight excluding hydrogens is 312 g/mol. The molecule has 1 atom stereocenters. The summed E-state index contributed by atoms with van der Waals surface area (Å²) < 4.78 is 0.848. The lowest BCUT2D eigenvalue weighted by molar-refractivity contribution is -0.142. The molecule has 1 unspecified atom stereocenters. The molecule has 2 rings (SSSR count). The minimum absolute atomic E-state index is 0.229. The molecule has 1 aliphatic heterocycles. The summed E-state index contributed by atoms with van der Waals surface area (Å²) in [6.45, 7) is 3.15. The van der Waals surface area contributed by atoms with Gasteiger partial charge in [0.2, 0.25) is 0 Å². The van der Waals surface area contributed by atoms with Gasteiger partial charge in [-0.15, -0.1) is 0 Å². The number of piperazine rings is 1. The molecule has 0 aliphatic carbocycles. The van der Waals surface area contributed by atoms with Crippen LogP contribution in [0.3, 0.4) is 0 Å². The van der Waals surface area contributed by atoms with Gasteiger partial charge < -0.3 is 15.3 Å². The highest BCUT2D eigenvalue weighted by Gasteiger charge is 2.32. The highest BCUT2D eigenvalue weighted by Crippen LogP contribution is 2.21. The molecule has 2 N–H and O–H groups in total. The number of carboxylic acid groups (broad SMARTS) is 1. The average Bonchev–Trinajstić information content (AvgIpc) is 2.41. The molecule has 6 heteroatoms. The van der Waals surface area contributed by atoms with Crippen LogP contribution in [0, 0.1) is 6.92 Å². The maximum atomic E-state index is 12.5. The van der Waals surface area contributed by atoms with Crippen LogP contribution in [0.5, 0.6) is 0 Å². The Hall–Kier alpha value is -1.40. The molecule has 1 saturated heterocycles. The van der Waals surface area contributed by atoms with Crippen LogP contribution in [0.4, 0.5) is 0 Å². The van der Waals surface area contributed by atoms with Crippen LogP contribution in [0.15, 0.2) is 22.7 Å². The molecule has 0 saturated carbocycles. The Kier molecular flexibility index (Phi) is 4.21. The van der Waals surface area contributed by atoms with Gasteiger partial charge in [-0.25, -0.2) is 4.79 Å². The Morgan fingerprint density at radius 2 is 2.21 bits per heavy atom. The SMILES string of the molecule is Cc1c(Br)cccc1C(=O)N1CCNCC1C(=O)O. The van der Waals surface area contributed by atoms with Gasteiger partial charge in [0, 0.05) is 29.7 Å². The van der Waals surface area contributed by atoms with Crippen molar-refractivity contribution in [2.45, 2.75) is 13.0 Å². The van der Waals surface area contributed by atoms with Gasteiger partial charge in [-0.05, 0) is 24.6 Å². The fraction of sp³-hybridized carbons (Fsp3) is 0.385. The van der Waals surface area contributed by atoms with Crippen molar-refractivity contribution in [3.05, 3.63) is 33.8 Å². The first-order valence-electron chi connectivity index (χ1n) is 6.02. The maximum Gasteiger partial charge on any atom is 0.327 e. The molecule has 1 aromatic carbocycles. The number of aliphatic carboxylic acids is 1. The minimum Gasteiger partial charge on any atom is -0.480 e. The summed E-state index contributed by atoms with van der Waals surface area (Å²) in [5.74, 6) is -1.21. The fourth-order valence-electron chi connectivity index (χ4n) is 2.16. The first-order chi connectivity index (χ1) is 9.02. The van der Waals surface area contributed by atoms with E-state index in [9.17, 15) is 14.7 Å². The van der Waals surface area contributed by atoms with E-state index in [2.05, 4.69) is 21.2 Å². The van der Waals surface area contributed by atoms with Crippen molar-refractivity contribution in [3.63, 3.8) is 0 Å². The van der Waals surface area contributed by atoms with E-state index >= 15 is 0 Å². The largest absolute Gasteiger partial charge is 0.480 e.